The molecule has 3 aromatic rings. The number of hydrogen-bond acceptors (Lipinski definition) is 4. The fraction of sp³-hybridized carbons (Fsp3) is 0.367. The second-order valence-corrected chi connectivity index (χ2v) is 10.1. The molecule has 1 amide bonds. The normalized spacial score (nSPS) is 22.9. The lowest BCUT2D eigenvalue weighted by Crippen LogP contribution is -2.56. The van der Waals surface area contributed by atoms with Crippen molar-refractivity contribution in [3.8, 4) is 11.1 Å². The monoisotopic (exact) mass is 466 g/mol. The van der Waals surface area contributed by atoms with Gasteiger partial charge in [0.2, 0.25) is 0 Å². The summed E-state index contributed by atoms with van der Waals surface area (Å²) in [5, 5.41) is 0. The highest BCUT2D eigenvalue weighted by atomic mass is 16.6. The topological polar surface area (TPSA) is 59.5 Å². The Hall–Kier alpha value is -3.47. The molecule has 0 N–H and O–H groups in total. The predicted octanol–water partition coefficient (Wildman–Crippen LogP) is 6.15. The highest BCUT2D eigenvalue weighted by Crippen LogP contribution is 2.45. The number of Topliss-reactive ketones (excluding diaryl/α,β-unsaturated/α-hetero) is 1. The zero-order valence-electron chi connectivity index (χ0n) is 20.0. The number of benzene rings is 2. The largest absolute Gasteiger partial charge is 0.448 e. The molecular formula is C30H30N2O3. The number of rotatable bonds is 4. The third-order valence-electron chi connectivity index (χ3n) is 8.16. The first-order valence-corrected chi connectivity index (χ1v) is 12.7. The van der Waals surface area contributed by atoms with Crippen LogP contribution in [0.2, 0.25) is 0 Å². The number of nitrogens with zero attached hydrogens (tertiary/aromatic N) is 2. The van der Waals surface area contributed by atoms with Crippen LogP contribution in [0.25, 0.3) is 11.1 Å². The number of carbonyl (C=O) groups is 2. The van der Waals surface area contributed by atoms with E-state index in [-0.39, 0.29) is 35.8 Å². The molecule has 2 aliphatic heterocycles. The van der Waals surface area contributed by atoms with Crippen LogP contribution in [0.4, 0.5) is 4.79 Å². The lowest BCUT2D eigenvalue weighted by atomic mass is 9.75. The summed E-state index contributed by atoms with van der Waals surface area (Å²) in [6.45, 7) is 2.22. The Morgan fingerprint density at radius 3 is 2.17 bits per heavy atom. The van der Waals surface area contributed by atoms with Gasteiger partial charge in [0.1, 0.15) is 6.61 Å². The Bertz CT molecular complexity index is 1230. The van der Waals surface area contributed by atoms with Crippen LogP contribution in [-0.2, 0) is 4.74 Å². The highest BCUT2D eigenvalue weighted by Gasteiger charge is 2.44. The van der Waals surface area contributed by atoms with E-state index in [1.165, 1.54) is 22.3 Å². The van der Waals surface area contributed by atoms with Crippen molar-refractivity contribution in [3.63, 3.8) is 0 Å². The summed E-state index contributed by atoms with van der Waals surface area (Å²) in [6.07, 6.45) is 5.84. The Kier molecular flexibility index (Phi) is 5.63. The Morgan fingerprint density at radius 2 is 1.54 bits per heavy atom. The first-order chi connectivity index (χ1) is 17.1. The van der Waals surface area contributed by atoms with Gasteiger partial charge >= 0.3 is 6.09 Å². The zero-order valence-corrected chi connectivity index (χ0v) is 20.0. The first-order valence-electron chi connectivity index (χ1n) is 12.7. The average Bonchev–Trinajstić information content (AvgIpc) is 3.20. The van der Waals surface area contributed by atoms with Crippen LogP contribution in [0.1, 0.15) is 65.2 Å². The highest BCUT2D eigenvalue weighted by molar-refractivity contribution is 5.99. The molecule has 3 heterocycles. The molecule has 2 unspecified atom stereocenters. The number of amides is 1. The van der Waals surface area contributed by atoms with Crippen molar-refractivity contribution < 1.29 is 14.3 Å². The Labute approximate surface area is 206 Å². The third kappa shape index (κ3) is 3.83. The molecule has 0 spiro atoms. The number of piperidine rings is 2. The van der Waals surface area contributed by atoms with E-state index in [2.05, 4.69) is 53.5 Å². The molecular weight excluding hydrogens is 436 g/mol. The Balaban J connectivity index is 1.17. The summed E-state index contributed by atoms with van der Waals surface area (Å²) in [7, 11) is 0. The fourth-order valence-electron chi connectivity index (χ4n) is 6.53. The van der Waals surface area contributed by atoms with E-state index in [0.29, 0.717) is 25.0 Å². The van der Waals surface area contributed by atoms with Gasteiger partial charge in [-0.3, -0.25) is 9.78 Å². The lowest BCUT2D eigenvalue weighted by Gasteiger charge is -2.47. The third-order valence-corrected chi connectivity index (χ3v) is 8.16. The van der Waals surface area contributed by atoms with Crippen molar-refractivity contribution in [2.75, 3.05) is 6.61 Å². The van der Waals surface area contributed by atoms with Crippen LogP contribution in [0.15, 0.2) is 66.9 Å². The minimum Gasteiger partial charge on any atom is -0.448 e. The summed E-state index contributed by atoms with van der Waals surface area (Å²) in [5.41, 5.74) is 6.39. The maximum atomic E-state index is 13.4. The smallest absolute Gasteiger partial charge is 0.410 e. The van der Waals surface area contributed by atoms with E-state index in [1.54, 1.807) is 6.20 Å². The summed E-state index contributed by atoms with van der Waals surface area (Å²) < 4.78 is 6.01. The molecule has 35 heavy (non-hydrogen) atoms. The fourth-order valence-corrected chi connectivity index (χ4v) is 6.53. The lowest BCUT2D eigenvalue weighted by molar-refractivity contribution is 0.00648. The molecule has 0 saturated carbocycles. The van der Waals surface area contributed by atoms with Crippen molar-refractivity contribution in [1.82, 2.24) is 9.88 Å². The maximum absolute atomic E-state index is 13.4. The van der Waals surface area contributed by atoms with Crippen LogP contribution in [0, 0.1) is 12.8 Å². The predicted molar refractivity (Wildman–Crippen MR) is 134 cm³/mol. The molecule has 2 saturated heterocycles. The molecule has 3 aliphatic rings. The SMILES string of the molecule is Cc1ncccc1C(=O)C1CC2CCCC(C1)N2C(=O)OCC1c2ccccc2-c2ccccc21. The van der Waals surface area contributed by atoms with Gasteiger partial charge < -0.3 is 9.64 Å². The molecule has 5 nitrogen and oxygen atoms in total. The summed E-state index contributed by atoms with van der Waals surface area (Å²) in [4.78, 5) is 32.9. The number of ether oxygens (including phenoxy) is 1. The Morgan fingerprint density at radius 1 is 0.914 bits per heavy atom. The molecule has 5 heteroatoms. The van der Waals surface area contributed by atoms with E-state index in [9.17, 15) is 9.59 Å². The van der Waals surface area contributed by atoms with Crippen molar-refractivity contribution in [1.29, 1.82) is 0 Å². The number of fused-ring (bicyclic) bond motifs is 5. The van der Waals surface area contributed by atoms with E-state index >= 15 is 0 Å². The van der Waals surface area contributed by atoms with Crippen LogP contribution in [0.5, 0.6) is 0 Å². The van der Waals surface area contributed by atoms with Crippen LogP contribution < -0.4 is 0 Å². The standard InChI is InChI=1S/C30H30N2O3/c1-19-23(14-7-15-31-19)29(33)20-16-21-8-6-9-22(17-20)32(21)30(34)35-18-28-26-12-4-2-10-24(26)25-11-3-5-13-27(25)28/h2-5,7,10-15,20-22,28H,6,8-9,16-18H2,1H3. The summed E-state index contributed by atoms with van der Waals surface area (Å²) in [5.74, 6) is 0.157. The second-order valence-electron chi connectivity index (χ2n) is 10.1. The van der Waals surface area contributed by atoms with Crippen molar-refractivity contribution in [2.45, 2.75) is 57.0 Å². The number of pyridine rings is 1. The van der Waals surface area contributed by atoms with Crippen LogP contribution in [-0.4, -0.2) is 40.5 Å². The van der Waals surface area contributed by atoms with Gasteiger partial charge in [-0.05, 0) is 73.4 Å². The number of aromatic nitrogens is 1. The van der Waals surface area contributed by atoms with E-state index < -0.39 is 0 Å². The van der Waals surface area contributed by atoms with Gasteiger partial charge in [-0.25, -0.2) is 4.79 Å². The van der Waals surface area contributed by atoms with Crippen molar-refractivity contribution >= 4 is 11.9 Å². The van der Waals surface area contributed by atoms with Gasteiger partial charge in [-0.15, -0.1) is 0 Å². The number of ketones is 1. The summed E-state index contributed by atoms with van der Waals surface area (Å²) >= 11 is 0. The van der Waals surface area contributed by atoms with Gasteiger partial charge in [0.15, 0.2) is 5.78 Å². The number of aryl methyl sites for hydroxylation is 1. The minimum absolute atomic E-state index is 0.0545. The molecule has 1 aliphatic carbocycles. The number of carbonyl (C=O) groups excluding carboxylic acids is 2. The quantitative estimate of drug-likeness (QED) is 0.433. The maximum Gasteiger partial charge on any atom is 0.410 e. The van der Waals surface area contributed by atoms with Crippen molar-refractivity contribution in [3.05, 3.63) is 89.2 Å². The summed E-state index contributed by atoms with van der Waals surface area (Å²) in [6, 6.07) is 20.6. The number of hydrogen-bond donors (Lipinski definition) is 0. The molecule has 2 bridgehead atoms. The molecule has 2 atom stereocenters. The molecule has 2 fully saturated rings. The first kappa shape index (κ1) is 22.0. The zero-order chi connectivity index (χ0) is 23.9. The molecule has 0 radical (unpaired) electrons. The van der Waals surface area contributed by atoms with Gasteiger partial charge in [0, 0.05) is 41.4 Å². The molecule has 178 valence electrons. The van der Waals surface area contributed by atoms with Crippen molar-refractivity contribution in [2.24, 2.45) is 5.92 Å². The van der Waals surface area contributed by atoms with E-state index in [1.807, 2.05) is 24.0 Å². The molecule has 6 rings (SSSR count). The van der Waals surface area contributed by atoms with Crippen LogP contribution >= 0.6 is 0 Å². The molecule has 2 aromatic carbocycles. The minimum atomic E-state index is -0.231. The molecule has 1 aromatic heterocycles. The second kappa shape index (κ2) is 8.95. The van der Waals surface area contributed by atoms with Gasteiger partial charge in [-0.1, -0.05) is 48.5 Å². The van der Waals surface area contributed by atoms with Gasteiger partial charge in [-0.2, -0.15) is 0 Å². The van der Waals surface area contributed by atoms with E-state index in [4.69, 9.17) is 4.74 Å². The van der Waals surface area contributed by atoms with Crippen LogP contribution in [0.3, 0.4) is 0 Å². The van der Waals surface area contributed by atoms with E-state index in [0.717, 1.165) is 25.0 Å². The average molecular weight is 467 g/mol. The van der Waals surface area contributed by atoms with Gasteiger partial charge in [0.25, 0.3) is 0 Å². The van der Waals surface area contributed by atoms with Gasteiger partial charge in [0.05, 0.1) is 0 Å².